The molecule has 0 aromatic heterocycles. The van der Waals surface area contributed by atoms with Crippen LogP contribution in [0, 0.1) is 28.1 Å². The number of hydrogen-bond acceptors (Lipinski definition) is 2. The molecule has 1 N–H and O–H groups in total. The van der Waals surface area contributed by atoms with Gasteiger partial charge in [-0.3, -0.25) is 0 Å². The molecule has 2 saturated carbocycles. The largest absolute Gasteiger partial charge is 0.367 e. The molecule has 2 aliphatic carbocycles. The first-order valence-corrected chi connectivity index (χ1v) is 7.20. The molecule has 0 amide bonds. The smallest absolute Gasteiger partial charge is 0.131 e. The molecule has 0 radical (unpaired) electrons. The van der Waals surface area contributed by atoms with Gasteiger partial charge in [0, 0.05) is 11.1 Å². The van der Waals surface area contributed by atoms with Gasteiger partial charge in [-0.25, -0.2) is 0 Å². The first kappa shape index (κ1) is 12.5. The Kier molecular flexibility index (Phi) is 2.48. The Balaban J connectivity index is 2.01. The Bertz CT molecular complexity index is 528. The number of para-hydroxylation sites is 1. The maximum atomic E-state index is 9.88. The van der Waals surface area contributed by atoms with Crippen LogP contribution in [0.3, 0.4) is 0 Å². The molecular formula is C17H22N2. The maximum Gasteiger partial charge on any atom is 0.131 e. The normalized spacial score (nSPS) is 38.9. The number of benzene rings is 1. The van der Waals surface area contributed by atoms with Crippen molar-refractivity contribution in [1.29, 1.82) is 5.26 Å². The molecule has 3 unspecified atom stereocenters. The number of hydrogen-bond donors (Lipinski definition) is 1. The molecule has 3 rings (SSSR count). The standard InChI is InChI=1S/C17H22N2/c1-15(2)13-9-10-16(15,3)17(11-13,12-18)19-14-7-5-4-6-8-14/h4-8,13,19H,9-11H2,1-3H3. The first-order valence-electron chi connectivity index (χ1n) is 7.20. The molecular weight excluding hydrogens is 232 g/mol. The van der Waals surface area contributed by atoms with Gasteiger partial charge in [0.25, 0.3) is 0 Å². The van der Waals surface area contributed by atoms with Crippen LogP contribution in [-0.4, -0.2) is 5.54 Å². The summed E-state index contributed by atoms with van der Waals surface area (Å²) < 4.78 is 0. The van der Waals surface area contributed by atoms with Crippen LogP contribution < -0.4 is 5.32 Å². The lowest BCUT2D eigenvalue weighted by molar-refractivity contribution is 0.118. The zero-order valence-electron chi connectivity index (χ0n) is 12.0. The van der Waals surface area contributed by atoms with E-state index in [0.29, 0.717) is 5.92 Å². The topological polar surface area (TPSA) is 35.8 Å². The van der Waals surface area contributed by atoms with E-state index in [9.17, 15) is 5.26 Å². The maximum absolute atomic E-state index is 9.88. The van der Waals surface area contributed by atoms with E-state index in [1.54, 1.807) is 0 Å². The number of fused-ring (bicyclic) bond motifs is 2. The fraction of sp³-hybridized carbons (Fsp3) is 0.588. The molecule has 0 heterocycles. The lowest BCUT2D eigenvalue weighted by Crippen LogP contribution is -2.51. The van der Waals surface area contributed by atoms with Crippen molar-refractivity contribution in [2.24, 2.45) is 16.7 Å². The van der Waals surface area contributed by atoms with Gasteiger partial charge in [-0.05, 0) is 42.7 Å². The Morgan fingerprint density at radius 2 is 1.89 bits per heavy atom. The van der Waals surface area contributed by atoms with Crippen LogP contribution >= 0.6 is 0 Å². The van der Waals surface area contributed by atoms with E-state index in [4.69, 9.17) is 0 Å². The van der Waals surface area contributed by atoms with Crippen LogP contribution in [-0.2, 0) is 0 Å². The van der Waals surface area contributed by atoms with Crippen molar-refractivity contribution in [3.63, 3.8) is 0 Å². The molecule has 0 saturated heterocycles. The number of nitriles is 1. The lowest BCUT2D eigenvalue weighted by Gasteiger charge is -2.45. The van der Waals surface area contributed by atoms with Crippen molar-refractivity contribution in [3.8, 4) is 6.07 Å². The van der Waals surface area contributed by atoms with Crippen LogP contribution in [0.5, 0.6) is 0 Å². The minimum absolute atomic E-state index is 0.0509. The summed E-state index contributed by atoms with van der Waals surface area (Å²) in [6, 6.07) is 12.8. The van der Waals surface area contributed by atoms with Crippen LogP contribution in [0.25, 0.3) is 0 Å². The molecule has 19 heavy (non-hydrogen) atoms. The second-order valence-corrected chi connectivity index (χ2v) is 7.00. The first-order chi connectivity index (χ1) is 8.95. The van der Waals surface area contributed by atoms with Crippen LogP contribution in [0.1, 0.15) is 40.0 Å². The molecule has 2 heteroatoms. The molecule has 2 nitrogen and oxygen atoms in total. The summed E-state index contributed by atoms with van der Waals surface area (Å²) >= 11 is 0. The predicted octanol–water partition coefficient (Wildman–Crippen LogP) is 4.21. The Morgan fingerprint density at radius 3 is 2.37 bits per heavy atom. The van der Waals surface area contributed by atoms with Gasteiger partial charge in [0.1, 0.15) is 5.54 Å². The zero-order chi connectivity index (χ0) is 13.7. The molecule has 100 valence electrons. The monoisotopic (exact) mass is 254 g/mol. The molecule has 1 aromatic carbocycles. The van der Waals surface area contributed by atoms with Gasteiger partial charge in [0.2, 0.25) is 0 Å². The molecule has 0 aliphatic heterocycles. The molecule has 2 bridgehead atoms. The van der Waals surface area contributed by atoms with E-state index < -0.39 is 5.54 Å². The third-order valence-corrected chi connectivity index (χ3v) is 6.25. The summed E-state index contributed by atoms with van der Waals surface area (Å²) in [6.45, 7) is 6.99. The third kappa shape index (κ3) is 1.42. The van der Waals surface area contributed by atoms with E-state index in [-0.39, 0.29) is 10.8 Å². The second-order valence-electron chi connectivity index (χ2n) is 7.00. The fourth-order valence-corrected chi connectivity index (χ4v) is 4.47. The van der Waals surface area contributed by atoms with Gasteiger partial charge in [-0.1, -0.05) is 39.0 Å². The van der Waals surface area contributed by atoms with Crippen molar-refractivity contribution in [1.82, 2.24) is 0 Å². The van der Waals surface area contributed by atoms with E-state index in [1.807, 2.05) is 18.2 Å². The van der Waals surface area contributed by atoms with Gasteiger partial charge >= 0.3 is 0 Å². The van der Waals surface area contributed by atoms with E-state index >= 15 is 0 Å². The summed E-state index contributed by atoms with van der Waals surface area (Å²) in [4.78, 5) is 0. The highest BCUT2D eigenvalue weighted by atomic mass is 15.0. The number of rotatable bonds is 2. The molecule has 0 spiro atoms. The number of nitrogens with one attached hydrogen (secondary N) is 1. The Hall–Kier alpha value is -1.49. The minimum atomic E-state index is -0.416. The van der Waals surface area contributed by atoms with Crippen molar-refractivity contribution < 1.29 is 0 Å². The third-order valence-electron chi connectivity index (χ3n) is 6.25. The average molecular weight is 254 g/mol. The quantitative estimate of drug-likeness (QED) is 0.858. The van der Waals surface area contributed by atoms with Crippen LogP contribution in [0.15, 0.2) is 30.3 Å². The molecule has 3 atom stereocenters. The van der Waals surface area contributed by atoms with Crippen molar-refractivity contribution in [2.45, 2.75) is 45.6 Å². The molecule has 2 aliphatic rings. The van der Waals surface area contributed by atoms with E-state index in [0.717, 1.165) is 18.5 Å². The fourth-order valence-electron chi connectivity index (χ4n) is 4.47. The summed E-state index contributed by atoms with van der Waals surface area (Å²) in [5, 5.41) is 13.5. The number of nitrogens with zero attached hydrogens (tertiary/aromatic N) is 1. The Labute approximate surface area is 115 Å². The van der Waals surface area contributed by atoms with Crippen LogP contribution in [0.4, 0.5) is 5.69 Å². The minimum Gasteiger partial charge on any atom is -0.367 e. The lowest BCUT2D eigenvalue weighted by atomic mass is 9.63. The van der Waals surface area contributed by atoms with Gasteiger partial charge < -0.3 is 5.32 Å². The van der Waals surface area contributed by atoms with Crippen LogP contribution in [0.2, 0.25) is 0 Å². The Morgan fingerprint density at radius 1 is 1.21 bits per heavy atom. The highest BCUT2D eigenvalue weighted by Gasteiger charge is 2.69. The van der Waals surface area contributed by atoms with Crippen molar-refractivity contribution >= 4 is 5.69 Å². The summed E-state index contributed by atoms with van der Waals surface area (Å²) in [6.07, 6.45) is 3.39. The second kappa shape index (κ2) is 3.76. The van der Waals surface area contributed by atoms with E-state index in [1.165, 1.54) is 6.42 Å². The van der Waals surface area contributed by atoms with Gasteiger partial charge in [0.05, 0.1) is 6.07 Å². The van der Waals surface area contributed by atoms with Gasteiger partial charge in [0.15, 0.2) is 0 Å². The van der Waals surface area contributed by atoms with Crippen molar-refractivity contribution in [3.05, 3.63) is 30.3 Å². The van der Waals surface area contributed by atoms with Crippen molar-refractivity contribution in [2.75, 3.05) is 5.32 Å². The van der Waals surface area contributed by atoms with Gasteiger partial charge in [-0.15, -0.1) is 0 Å². The highest BCUT2D eigenvalue weighted by molar-refractivity contribution is 5.51. The summed E-state index contributed by atoms with van der Waals surface area (Å²) in [7, 11) is 0. The molecule has 1 aromatic rings. The average Bonchev–Trinajstić information content (AvgIpc) is 2.72. The highest BCUT2D eigenvalue weighted by Crippen LogP contribution is 2.70. The zero-order valence-corrected chi connectivity index (χ0v) is 12.0. The predicted molar refractivity (Wildman–Crippen MR) is 77.6 cm³/mol. The molecule has 2 fully saturated rings. The SMILES string of the molecule is CC1(C)C2CCC1(C)C(C#N)(Nc1ccccc1)C2. The van der Waals surface area contributed by atoms with E-state index in [2.05, 4.69) is 44.3 Å². The summed E-state index contributed by atoms with van der Waals surface area (Å²) in [5.41, 5.74) is 0.939. The van der Waals surface area contributed by atoms with Gasteiger partial charge in [-0.2, -0.15) is 5.26 Å². The number of anilines is 1. The summed E-state index contributed by atoms with van der Waals surface area (Å²) in [5.74, 6) is 0.661.